The van der Waals surface area contributed by atoms with Crippen molar-refractivity contribution in [2.45, 2.75) is 25.3 Å². The van der Waals surface area contributed by atoms with Crippen LogP contribution in [-0.4, -0.2) is 33.0 Å². The molecule has 0 fully saturated rings. The van der Waals surface area contributed by atoms with Gasteiger partial charge in [0.05, 0.1) is 0 Å². The Morgan fingerprint density at radius 2 is 2.20 bits per heavy atom. The largest absolute Gasteiger partial charge is 0.480 e. The maximum Gasteiger partial charge on any atom is 0.320 e. The van der Waals surface area contributed by atoms with Crippen LogP contribution in [0.3, 0.4) is 0 Å². The minimum absolute atomic E-state index is 0.240. The number of alkyl halides is 1. The van der Waals surface area contributed by atoms with E-state index < -0.39 is 23.0 Å². The normalized spacial score (nSPS) is 13.7. The predicted molar refractivity (Wildman–Crippen MR) is 82.3 cm³/mol. The van der Waals surface area contributed by atoms with Crippen molar-refractivity contribution in [3.63, 3.8) is 0 Å². The van der Waals surface area contributed by atoms with Crippen LogP contribution in [-0.2, 0) is 22.2 Å². The molecule has 0 aliphatic heterocycles. The van der Waals surface area contributed by atoms with Gasteiger partial charge in [0.2, 0.25) is 0 Å². The molecule has 0 aromatic heterocycles. The van der Waals surface area contributed by atoms with Crippen molar-refractivity contribution < 1.29 is 14.1 Å². The third-order valence-electron chi connectivity index (χ3n) is 2.64. The van der Waals surface area contributed by atoms with E-state index in [1.165, 1.54) is 0 Å². The minimum Gasteiger partial charge on any atom is -0.480 e. The molecule has 0 amide bonds. The molecule has 5 nitrogen and oxygen atoms in total. The molecule has 0 aliphatic rings. The molecule has 1 unspecified atom stereocenters. The number of halogens is 1. The van der Waals surface area contributed by atoms with Crippen LogP contribution in [0.2, 0.25) is 0 Å². The van der Waals surface area contributed by atoms with Crippen LogP contribution in [0.1, 0.15) is 18.4 Å². The smallest absolute Gasteiger partial charge is 0.320 e. The Labute approximate surface area is 126 Å². The van der Waals surface area contributed by atoms with E-state index in [0.29, 0.717) is 17.3 Å². The summed E-state index contributed by atoms with van der Waals surface area (Å²) in [6, 6.07) is 6.20. The number of carboxylic acids is 1. The zero-order valence-corrected chi connectivity index (χ0v) is 12.6. The number of unbranched alkanes of at least 4 members (excludes halogenated alkanes) is 1. The highest BCUT2D eigenvalue weighted by Gasteiger charge is 2.12. The number of nitrogens with two attached hydrogens (primary N) is 1. The quantitative estimate of drug-likeness (QED) is 0.477. The fourth-order valence-electron chi connectivity index (χ4n) is 1.61. The number of carboxylic acid groups (broad SMARTS) is 1. The number of hydrogen-bond donors (Lipinski definition) is 3. The first-order chi connectivity index (χ1) is 9.52. The number of rotatable bonds is 9. The number of nitrogens with one attached hydrogen (secondary N) is 1. The summed E-state index contributed by atoms with van der Waals surface area (Å²) >= 11 is 5.56. The molecule has 20 heavy (non-hydrogen) atoms. The lowest BCUT2D eigenvalue weighted by atomic mass is 10.1. The van der Waals surface area contributed by atoms with Crippen molar-refractivity contribution in [1.82, 2.24) is 0 Å². The van der Waals surface area contributed by atoms with Gasteiger partial charge in [-0.3, -0.25) is 4.79 Å². The highest BCUT2D eigenvalue weighted by Crippen LogP contribution is 2.13. The Kier molecular flexibility index (Phi) is 7.58. The van der Waals surface area contributed by atoms with Gasteiger partial charge in [0, 0.05) is 17.3 Å². The van der Waals surface area contributed by atoms with Crippen LogP contribution in [0.25, 0.3) is 0 Å². The van der Waals surface area contributed by atoms with E-state index in [4.69, 9.17) is 22.4 Å². The lowest BCUT2D eigenvalue weighted by Gasteiger charge is -2.10. The minimum atomic E-state index is -1.16. The molecule has 0 aliphatic carbocycles. The summed E-state index contributed by atoms with van der Waals surface area (Å²) in [5.41, 5.74) is 6.98. The molecule has 2 atom stereocenters. The van der Waals surface area contributed by atoms with Crippen molar-refractivity contribution in [3.05, 3.63) is 29.8 Å². The monoisotopic (exact) mass is 318 g/mol. The lowest BCUT2D eigenvalue weighted by Crippen LogP contribution is -2.32. The summed E-state index contributed by atoms with van der Waals surface area (Å²) in [4.78, 5) is 10.7. The van der Waals surface area contributed by atoms with Crippen molar-refractivity contribution in [2.24, 2.45) is 5.73 Å². The zero-order chi connectivity index (χ0) is 15.0. The van der Waals surface area contributed by atoms with Crippen LogP contribution in [0.4, 0.5) is 5.69 Å². The Morgan fingerprint density at radius 3 is 2.85 bits per heavy atom. The van der Waals surface area contributed by atoms with Crippen LogP contribution in [0, 0.1) is 0 Å². The molecule has 1 aromatic rings. The SMILES string of the molecule is N[C@@H](Cc1cccc(NS(=O)CCCCCl)c1)C(=O)O. The topological polar surface area (TPSA) is 92.4 Å². The molecule has 7 heteroatoms. The molecular formula is C13H19ClN2O3S. The highest BCUT2D eigenvalue weighted by atomic mass is 35.5. The van der Waals surface area contributed by atoms with E-state index in [0.717, 1.165) is 18.4 Å². The van der Waals surface area contributed by atoms with E-state index >= 15 is 0 Å². The number of carbonyl (C=O) groups is 1. The van der Waals surface area contributed by atoms with E-state index in [9.17, 15) is 9.00 Å². The van der Waals surface area contributed by atoms with Gasteiger partial charge in [-0.05, 0) is 37.0 Å². The van der Waals surface area contributed by atoms with Crippen molar-refractivity contribution in [1.29, 1.82) is 0 Å². The molecule has 0 bridgehead atoms. The standard InChI is InChI=1S/C13H19ClN2O3S/c14-6-1-2-7-20(19)16-11-5-3-4-10(8-11)9-12(15)13(17)18/h3-5,8,12,16H,1-2,6-7,9,15H2,(H,17,18)/t12-,20?/m0/s1. The number of aliphatic carboxylic acids is 1. The van der Waals surface area contributed by atoms with Gasteiger partial charge < -0.3 is 15.6 Å². The van der Waals surface area contributed by atoms with Crippen molar-refractivity contribution in [3.8, 4) is 0 Å². The third-order valence-corrected chi connectivity index (χ3v) is 4.03. The summed E-state index contributed by atoms with van der Waals surface area (Å²) < 4.78 is 14.7. The summed E-state index contributed by atoms with van der Waals surface area (Å²) in [5.74, 6) is 0.0683. The first kappa shape index (κ1) is 16.9. The lowest BCUT2D eigenvalue weighted by molar-refractivity contribution is -0.138. The number of benzene rings is 1. The van der Waals surface area contributed by atoms with Crippen LogP contribution in [0.15, 0.2) is 24.3 Å². The van der Waals surface area contributed by atoms with Gasteiger partial charge >= 0.3 is 5.97 Å². The van der Waals surface area contributed by atoms with Gasteiger partial charge in [-0.25, -0.2) is 4.21 Å². The summed E-state index contributed by atoms with van der Waals surface area (Å²) in [5, 5.41) is 8.78. The van der Waals surface area contributed by atoms with E-state index in [1.54, 1.807) is 24.3 Å². The first-order valence-corrected chi connectivity index (χ1v) is 8.16. The first-order valence-electron chi connectivity index (χ1n) is 6.31. The zero-order valence-electron chi connectivity index (χ0n) is 11.0. The van der Waals surface area contributed by atoms with E-state index in [1.807, 2.05) is 0 Å². The average Bonchev–Trinajstić information content (AvgIpc) is 2.39. The molecule has 0 heterocycles. The molecule has 0 saturated heterocycles. The van der Waals surface area contributed by atoms with Crippen LogP contribution < -0.4 is 10.5 Å². The summed E-state index contributed by atoms with van der Waals surface area (Å²) in [7, 11) is -1.16. The van der Waals surface area contributed by atoms with Crippen LogP contribution >= 0.6 is 11.6 Å². The molecule has 0 spiro atoms. The second-order valence-corrected chi connectivity index (χ2v) is 6.08. The Bertz CT molecular complexity index is 471. The molecule has 4 N–H and O–H groups in total. The Balaban J connectivity index is 2.55. The molecule has 0 saturated carbocycles. The molecule has 1 aromatic carbocycles. The summed E-state index contributed by atoms with van der Waals surface area (Å²) in [6.07, 6.45) is 1.87. The van der Waals surface area contributed by atoms with Gasteiger partial charge in [-0.1, -0.05) is 12.1 Å². The predicted octanol–water partition coefficient (Wildman–Crippen LogP) is 1.74. The van der Waals surface area contributed by atoms with E-state index in [2.05, 4.69) is 4.72 Å². The number of anilines is 1. The molecular weight excluding hydrogens is 300 g/mol. The third kappa shape index (κ3) is 6.36. The molecule has 1 rings (SSSR count). The van der Waals surface area contributed by atoms with E-state index in [-0.39, 0.29) is 6.42 Å². The molecule has 112 valence electrons. The van der Waals surface area contributed by atoms with Gasteiger partial charge in [0.1, 0.15) is 17.0 Å². The average molecular weight is 319 g/mol. The fraction of sp³-hybridized carbons (Fsp3) is 0.462. The summed E-state index contributed by atoms with van der Waals surface area (Å²) in [6.45, 7) is 0. The molecule has 0 radical (unpaired) electrons. The van der Waals surface area contributed by atoms with Crippen LogP contribution in [0.5, 0.6) is 0 Å². The van der Waals surface area contributed by atoms with Gasteiger partial charge in [-0.15, -0.1) is 11.6 Å². The van der Waals surface area contributed by atoms with Gasteiger partial charge in [0.15, 0.2) is 0 Å². The second-order valence-electron chi connectivity index (χ2n) is 4.40. The Morgan fingerprint density at radius 1 is 1.45 bits per heavy atom. The van der Waals surface area contributed by atoms with Gasteiger partial charge in [-0.2, -0.15) is 0 Å². The number of hydrogen-bond acceptors (Lipinski definition) is 3. The maximum absolute atomic E-state index is 11.8. The van der Waals surface area contributed by atoms with Gasteiger partial charge in [0.25, 0.3) is 0 Å². The van der Waals surface area contributed by atoms with Crippen molar-refractivity contribution >= 4 is 34.2 Å². The Hall–Kier alpha value is -1.11. The van der Waals surface area contributed by atoms with Crippen molar-refractivity contribution in [2.75, 3.05) is 16.4 Å². The highest BCUT2D eigenvalue weighted by molar-refractivity contribution is 7.86. The maximum atomic E-state index is 11.8. The fourth-order valence-corrected chi connectivity index (χ4v) is 2.76. The second kappa shape index (κ2) is 8.94.